The minimum absolute atomic E-state index is 0.233. The van der Waals surface area contributed by atoms with Gasteiger partial charge in [-0.1, -0.05) is 37.7 Å². The van der Waals surface area contributed by atoms with E-state index in [0.29, 0.717) is 12.6 Å². The third kappa shape index (κ3) is 4.56. The van der Waals surface area contributed by atoms with Crippen molar-refractivity contribution in [3.05, 3.63) is 35.1 Å². The SMILES string of the molecule is CCC1CCCCCN1Cc1ccc(F)cc1C#CCN. The monoisotopic (exact) mass is 288 g/mol. The fraction of sp³-hybridized carbons (Fsp3) is 0.556. The van der Waals surface area contributed by atoms with E-state index in [1.54, 1.807) is 0 Å². The maximum absolute atomic E-state index is 13.4. The molecule has 2 N–H and O–H groups in total. The Morgan fingerprint density at radius 3 is 2.95 bits per heavy atom. The number of halogens is 1. The number of nitrogens with zero attached hydrogens (tertiary/aromatic N) is 1. The van der Waals surface area contributed by atoms with Crippen LogP contribution in [0.2, 0.25) is 0 Å². The van der Waals surface area contributed by atoms with E-state index in [0.717, 1.165) is 24.2 Å². The summed E-state index contributed by atoms with van der Waals surface area (Å²) in [7, 11) is 0. The van der Waals surface area contributed by atoms with Gasteiger partial charge in [0.2, 0.25) is 0 Å². The van der Waals surface area contributed by atoms with Crippen molar-refractivity contribution >= 4 is 0 Å². The molecular formula is C18H25FN2. The van der Waals surface area contributed by atoms with Crippen molar-refractivity contribution < 1.29 is 4.39 Å². The first-order valence-electron chi connectivity index (χ1n) is 7.96. The Bertz CT molecular complexity index is 516. The normalized spacial score (nSPS) is 19.7. The Kier molecular flexibility index (Phi) is 6.22. The molecule has 0 aromatic heterocycles. The molecule has 21 heavy (non-hydrogen) atoms. The molecule has 0 aliphatic carbocycles. The number of rotatable bonds is 3. The molecule has 1 unspecified atom stereocenters. The molecule has 114 valence electrons. The molecule has 2 nitrogen and oxygen atoms in total. The van der Waals surface area contributed by atoms with Crippen LogP contribution in [0.5, 0.6) is 0 Å². The van der Waals surface area contributed by atoms with Crippen LogP contribution >= 0.6 is 0 Å². The van der Waals surface area contributed by atoms with Gasteiger partial charge in [-0.15, -0.1) is 0 Å². The van der Waals surface area contributed by atoms with Gasteiger partial charge in [0.1, 0.15) is 5.82 Å². The van der Waals surface area contributed by atoms with Crippen molar-refractivity contribution in [1.82, 2.24) is 4.90 Å². The molecule has 1 saturated heterocycles. The Hall–Kier alpha value is -1.37. The highest BCUT2D eigenvalue weighted by Crippen LogP contribution is 2.22. The fourth-order valence-electron chi connectivity index (χ4n) is 3.08. The minimum Gasteiger partial charge on any atom is -0.320 e. The fourth-order valence-corrected chi connectivity index (χ4v) is 3.08. The van der Waals surface area contributed by atoms with Crippen molar-refractivity contribution in [1.29, 1.82) is 0 Å². The van der Waals surface area contributed by atoms with Crippen LogP contribution in [0.1, 0.15) is 50.2 Å². The van der Waals surface area contributed by atoms with Crippen LogP contribution in [-0.4, -0.2) is 24.0 Å². The van der Waals surface area contributed by atoms with E-state index in [-0.39, 0.29) is 5.82 Å². The largest absolute Gasteiger partial charge is 0.320 e. The molecule has 1 aliphatic rings. The Morgan fingerprint density at radius 2 is 2.19 bits per heavy atom. The maximum atomic E-state index is 13.4. The summed E-state index contributed by atoms with van der Waals surface area (Å²) < 4.78 is 13.4. The zero-order valence-corrected chi connectivity index (χ0v) is 12.9. The van der Waals surface area contributed by atoms with E-state index in [2.05, 4.69) is 23.7 Å². The molecular weight excluding hydrogens is 263 g/mol. The predicted molar refractivity (Wildman–Crippen MR) is 85.3 cm³/mol. The number of hydrogen-bond donors (Lipinski definition) is 1. The molecule has 0 radical (unpaired) electrons. The predicted octanol–water partition coefficient (Wildman–Crippen LogP) is 3.29. The summed E-state index contributed by atoms with van der Waals surface area (Å²) in [5.41, 5.74) is 7.32. The molecule has 2 rings (SSSR count). The van der Waals surface area contributed by atoms with Gasteiger partial charge in [-0.3, -0.25) is 4.90 Å². The van der Waals surface area contributed by atoms with Crippen LogP contribution in [0.25, 0.3) is 0 Å². The zero-order valence-electron chi connectivity index (χ0n) is 12.9. The summed E-state index contributed by atoms with van der Waals surface area (Å²) in [4.78, 5) is 2.54. The number of likely N-dealkylation sites (tertiary alicyclic amines) is 1. The van der Waals surface area contributed by atoms with E-state index in [4.69, 9.17) is 5.73 Å². The van der Waals surface area contributed by atoms with Crippen LogP contribution in [0.4, 0.5) is 4.39 Å². The average molecular weight is 288 g/mol. The van der Waals surface area contributed by atoms with Crippen molar-refractivity contribution in [2.75, 3.05) is 13.1 Å². The second kappa shape index (κ2) is 8.17. The maximum Gasteiger partial charge on any atom is 0.124 e. The summed E-state index contributed by atoms with van der Waals surface area (Å²) in [6.45, 7) is 4.53. The Balaban J connectivity index is 2.20. The Labute approximate surface area is 127 Å². The van der Waals surface area contributed by atoms with Crippen LogP contribution in [0.3, 0.4) is 0 Å². The quantitative estimate of drug-likeness (QED) is 0.865. The second-order valence-corrected chi connectivity index (χ2v) is 5.69. The van der Waals surface area contributed by atoms with Gasteiger partial charge in [-0.2, -0.15) is 0 Å². The molecule has 3 heteroatoms. The molecule has 1 aliphatic heterocycles. The second-order valence-electron chi connectivity index (χ2n) is 5.69. The third-order valence-corrected chi connectivity index (χ3v) is 4.24. The molecule has 1 aromatic carbocycles. The van der Waals surface area contributed by atoms with Gasteiger partial charge in [-0.05, 0) is 43.5 Å². The molecule has 0 amide bonds. The molecule has 1 atom stereocenters. The lowest BCUT2D eigenvalue weighted by Gasteiger charge is -2.29. The van der Waals surface area contributed by atoms with E-state index < -0.39 is 0 Å². The van der Waals surface area contributed by atoms with E-state index in [1.807, 2.05) is 6.07 Å². The lowest BCUT2D eigenvalue weighted by atomic mass is 10.0. The van der Waals surface area contributed by atoms with Gasteiger partial charge in [0.25, 0.3) is 0 Å². The lowest BCUT2D eigenvalue weighted by molar-refractivity contribution is 0.186. The summed E-state index contributed by atoms with van der Waals surface area (Å²) >= 11 is 0. The number of benzene rings is 1. The third-order valence-electron chi connectivity index (χ3n) is 4.24. The van der Waals surface area contributed by atoms with Gasteiger partial charge >= 0.3 is 0 Å². The first-order chi connectivity index (χ1) is 10.2. The smallest absolute Gasteiger partial charge is 0.124 e. The Morgan fingerprint density at radius 1 is 1.33 bits per heavy atom. The topological polar surface area (TPSA) is 29.3 Å². The van der Waals surface area contributed by atoms with Gasteiger partial charge in [0.05, 0.1) is 6.54 Å². The van der Waals surface area contributed by atoms with E-state index in [1.165, 1.54) is 44.2 Å². The van der Waals surface area contributed by atoms with Crippen molar-refractivity contribution in [3.8, 4) is 11.8 Å². The number of nitrogens with two attached hydrogens (primary N) is 1. The summed E-state index contributed by atoms with van der Waals surface area (Å²) in [5.74, 6) is 5.62. The minimum atomic E-state index is -0.233. The van der Waals surface area contributed by atoms with Gasteiger partial charge < -0.3 is 5.73 Å². The first-order valence-corrected chi connectivity index (χ1v) is 7.96. The molecule has 0 spiro atoms. The standard InChI is InChI=1S/C18H25FN2/c1-2-18-8-4-3-5-12-21(18)14-16-9-10-17(19)13-15(16)7-6-11-20/h9-10,13,18H,2-5,8,11-12,14,20H2,1H3. The molecule has 1 heterocycles. The summed E-state index contributed by atoms with van der Waals surface area (Å²) in [5, 5.41) is 0. The van der Waals surface area contributed by atoms with Gasteiger partial charge in [-0.25, -0.2) is 4.39 Å². The van der Waals surface area contributed by atoms with Crippen LogP contribution in [-0.2, 0) is 6.54 Å². The molecule has 0 saturated carbocycles. The van der Waals surface area contributed by atoms with Crippen molar-refractivity contribution in [2.24, 2.45) is 5.73 Å². The van der Waals surface area contributed by atoms with Gasteiger partial charge in [0.15, 0.2) is 0 Å². The first kappa shape index (κ1) is 16.0. The van der Waals surface area contributed by atoms with E-state index >= 15 is 0 Å². The van der Waals surface area contributed by atoms with Crippen molar-refractivity contribution in [2.45, 2.75) is 51.6 Å². The van der Waals surface area contributed by atoms with Crippen LogP contribution in [0.15, 0.2) is 18.2 Å². The van der Waals surface area contributed by atoms with Crippen molar-refractivity contribution in [3.63, 3.8) is 0 Å². The summed E-state index contributed by atoms with van der Waals surface area (Å²) in [6, 6.07) is 5.55. The zero-order chi connectivity index (χ0) is 15.1. The highest BCUT2D eigenvalue weighted by Gasteiger charge is 2.20. The highest BCUT2D eigenvalue weighted by molar-refractivity contribution is 5.42. The van der Waals surface area contributed by atoms with Crippen LogP contribution in [0, 0.1) is 17.7 Å². The van der Waals surface area contributed by atoms with E-state index in [9.17, 15) is 4.39 Å². The van der Waals surface area contributed by atoms with Gasteiger partial charge in [0, 0.05) is 18.2 Å². The molecule has 0 bridgehead atoms. The number of hydrogen-bond acceptors (Lipinski definition) is 2. The summed E-state index contributed by atoms with van der Waals surface area (Å²) in [6.07, 6.45) is 6.32. The highest BCUT2D eigenvalue weighted by atomic mass is 19.1. The average Bonchev–Trinajstić information content (AvgIpc) is 2.72. The lowest BCUT2D eigenvalue weighted by Crippen LogP contribution is -2.34. The molecule has 1 aromatic rings. The van der Waals surface area contributed by atoms with Crippen LogP contribution < -0.4 is 5.73 Å². The molecule has 1 fully saturated rings.